The Balaban J connectivity index is 1.56. The zero-order valence-corrected chi connectivity index (χ0v) is 10.8. The van der Waals surface area contributed by atoms with Gasteiger partial charge >= 0.3 is 0 Å². The van der Waals surface area contributed by atoms with E-state index in [1.807, 2.05) is 6.07 Å². The molecule has 0 aliphatic heterocycles. The second-order valence-electron chi connectivity index (χ2n) is 5.73. The van der Waals surface area contributed by atoms with Gasteiger partial charge in [0.15, 0.2) is 0 Å². The van der Waals surface area contributed by atoms with Crippen LogP contribution in [0.3, 0.4) is 0 Å². The van der Waals surface area contributed by atoms with Gasteiger partial charge in [0.25, 0.3) is 0 Å². The van der Waals surface area contributed by atoms with Crippen LogP contribution in [0.15, 0.2) is 48.5 Å². The zero-order valence-electron chi connectivity index (χ0n) is 10.8. The number of hydrogen-bond donors (Lipinski definition) is 0. The van der Waals surface area contributed by atoms with Gasteiger partial charge in [-0.3, -0.25) is 4.79 Å². The maximum Gasteiger partial charge on any atom is 0.144 e. The van der Waals surface area contributed by atoms with Crippen LogP contribution >= 0.6 is 0 Å². The smallest absolute Gasteiger partial charge is 0.144 e. The van der Waals surface area contributed by atoms with Crippen molar-refractivity contribution in [2.75, 3.05) is 0 Å². The van der Waals surface area contributed by atoms with Gasteiger partial charge in [0.2, 0.25) is 0 Å². The first kappa shape index (κ1) is 11.0. The highest BCUT2D eigenvalue weighted by Gasteiger charge is 2.37. The van der Waals surface area contributed by atoms with E-state index in [1.54, 1.807) is 0 Å². The predicted molar refractivity (Wildman–Crippen MR) is 75.2 cm³/mol. The molecule has 0 heterocycles. The normalized spacial score (nSPS) is 20.5. The van der Waals surface area contributed by atoms with Gasteiger partial charge in [-0.25, -0.2) is 0 Å². The van der Waals surface area contributed by atoms with Crippen LogP contribution in [0, 0.1) is 5.92 Å². The van der Waals surface area contributed by atoms with Gasteiger partial charge < -0.3 is 0 Å². The molecule has 19 heavy (non-hydrogen) atoms. The lowest BCUT2D eigenvalue weighted by atomic mass is 9.72. The van der Waals surface area contributed by atoms with Crippen molar-refractivity contribution in [3.8, 4) is 0 Å². The first-order valence-corrected chi connectivity index (χ1v) is 7.01. The van der Waals surface area contributed by atoms with Gasteiger partial charge in [0, 0.05) is 11.8 Å². The van der Waals surface area contributed by atoms with Crippen LogP contribution in [0.1, 0.15) is 28.2 Å². The van der Waals surface area contributed by atoms with E-state index in [4.69, 9.17) is 0 Å². The van der Waals surface area contributed by atoms with Crippen LogP contribution < -0.4 is 0 Å². The molecular weight excluding hydrogens is 232 g/mol. The van der Waals surface area contributed by atoms with Gasteiger partial charge in [-0.2, -0.15) is 0 Å². The zero-order chi connectivity index (χ0) is 12.8. The van der Waals surface area contributed by atoms with E-state index < -0.39 is 0 Å². The molecule has 4 rings (SSSR count). The van der Waals surface area contributed by atoms with Crippen molar-refractivity contribution in [3.63, 3.8) is 0 Å². The van der Waals surface area contributed by atoms with Crippen LogP contribution in [0.5, 0.6) is 0 Å². The largest absolute Gasteiger partial charge is 0.299 e. The van der Waals surface area contributed by atoms with Crippen LogP contribution in [-0.2, 0) is 24.1 Å². The van der Waals surface area contributed by atoms with E-state index in [0.29, 0.717) is 5.78 Å². The molecule has 1 atom stereocenters. The summed E-state index contributed by atoms with van der Waals surface area (Å²) in [4.78, 5) is 12.7. The standard InChI is InChI=1S/C18H16O/c19-18(17-11-14-7-3-4-8-16(14)17)15-9-12-5-1-2-6-13(12)10-15/h1-8,15,17H,9-11H2. The van der Waals surface area contributed by atoms with Gasteiger partial charge in [0.1, 0.15) is 5.78 Å². The van der Waals surface area contributed by atoms with E-state index in [2.05, 4.69) is 42.5 Å². The van der Waals surface area contributed by atoms with E-state index in [-0.39, 0.29) is 11.8 Å². The molecule has 0 bridgehead atoms. The maximum atomic E-state index is 12.7. The number of carbonyl (C=O) groups is 1. The summed E-state index contributed by atoms with van der Waals surface area (Å²) in [5.41, 5.74) is 5.36. The van der Waals surface area contributed by atoms with Gasteiger partial charge in [-0.15, -0.1) is 0 Å². The molecule has 2 aromatic rings. The summed E-state index contributed by atoms with van der Waals surface area (Å²) in [6.45, 7) is 0. The lowest BCUT2D eigenvalue weighted by molar-refractivity contribution is -0.124. The number of hydrogen-bond acceptors (Lipinski definition) is 1. The van der Waals surface area contributed by atoms with E-state index in [9.17, 15) is 4.79 Å². The Morgan fingerprint density at radius 1 is 0.789 bits per heavy atom. The minimum absolute atomic E-state index is 0.163. The van der Waals surface area contributed by atoms with Crippen molar-refractivity contribution in [1.82, 2.24) is 0 Å². The van der Waals surface area contributed by atoms with E-state index >= 15 is 0 Å². The second-order valence-corrected chi connectivity index (χ2v) is 5.73. The van der Waals surface area contributed by atoms with Crippen LogP contribution in [-0.4, -0.2) is 5.78 Å². The summed E-state index contributed by atoms with van der Waals surface area (Å²) in [6.07, 6.45) is 2.82. The van der Waals surface area contributed by atoms with Crippen molar-refractivity contribution in [3.05, 3.63) is 70.8 Å². The summed E-state index contributed by atoms with van der Waals surface area (Å²) in [5.74, 6) is 0.821. The summed E-state index contributed by atoms with van der Waals surface area (Å²) in [5, 5.41) is 0. The Morgan fingerprint density at radius 2 is 1.37 bits per heavy atom. The third-order valence-electron chi connectivity index (χ3n) is 4.65. The average Bonchev–Trinajstić information content (AvgIpc) is 2.84. The Labute approximate surface area is 113 Å². The third kappa shape index (κ3) is 1.65. The molecule has 0 aromatic heterocycles. The summed E-state index contributed by atoms with van der Waals surface area (Å²) < 4.78 is 0. The van der Waals surface area contributed by atoms with E-state index in [0.717, 1.165) is 19.3 Å². The fourth-order valence-electron chi connectivity index (χ4n) is 3.56. The molecule has 0 fully saturated rings. The first-order chi connectivity index (χ1) is 9.33. The first-order valence-electron chi connectivity index (χ1n) is 7.01. The lowest BCUT2D eigenvalue weighted by Crippen LogP contribution is -2.30. The molecule has 0 amide bonds. The molecule has 0 saturated carbocycles. The highest BCUT2D eigenvalue weighted by atomic mass is 16.1. The second kappa shape index (κ2) is 4.06. The molecule has 2 aromatic carbocycles. The van der Waals surface area contributed by atoms with Crippen LogP contribution in [0.25, 0.3) is 0 Å². The number of carbonyl (C=O) groups excluding carboxylic acids is 1. The molecule has 0 spiro atoms. The molecule has 1 heteroatoms. The SMILES string of the molecule is O=C(C1Cc2ccccc2C1)C1Cc2ccccc21. The fourth-order valence-corrected chi connectivity index (χ4v) is 3.56. The Hall–Kier alpha value is -1.89. The summed E-state index contributed by atoms with van der Waals surface area (Å²) >= 11 is 0. The molecular formula is C18H16O. The molecule has 2 aliphatic carbocycles. The molecule has 1 unspecified atom stereocenters. The van der Waals surface area contributed by atoms with Crippen molar-refractivity contribution < 1.29 is 4.79 Å². The average molecular weight is 248 g/mol. The molecule has 1 nitrogen and oxygen atoms in total. The minimum Gasteiger partial charge on any atom is -0.299 e. The van der Waals surface area contributed by atoms with Crippen LogP contribution in [0.2, 0.25) is 0 Å². The number of Topliss-reactive ketones (excluding diaryl/α,β-unsaturated/α-hetero) is 1. The molecule has 0 radical (unpaired) electrons. The lowest BCUT2D eigenvalue weighted by Gasteiger charge is -2.30. The molecule has 2 aliphatic rings. The third-order valence-corrected chi connectivity index (χ3v) is 4.65. The van der Waals surface area contributed by atoms with Crippen molar-refractivity contribution >= 4 is 5.78 Å². The van der Waals surface area contributed by atoms with E-state index in [1.165, 1.54) is 22.3 Å². The minimum atomic E-state index is 0.163. The van der Waals surface area contributed by atoms with Crippen molar-refractivity contribution in [2.45, 2.75) is 25.2 Å². The number of ketones is 1. The fraction of sp³-hybridized carbons (Fsp3) is 0.278. The van der Waals surface area contributed by atoms with Crippen molar-refractivity contribution in [1.29, 1.82) is 0 Å². The van der Waals surface area contributed by atoms with Crippen molar-refractivity contribution in [2.24, 2.45) is 5.92 Å². The molecule has 94 valence electrons. The quantitative estimate of drug-likeness (QED) is 0.797. The summed E-state index contributed by atoms with van der Waals surface area (Å²) in [6, 6.07) is 16.8. The summed E-state index contributed by atoms with van der Waals surface area (Å²) in [7, 11) is 0. The molecule has 0 saturated heterocycles. The van der Waals surface area contributed by atoms with Crippen LogP contribution in [0.4, 0.5) is 0 Å². The Kier molecular flexibility index (Phi) is 2.34. The Morgan fingerprint density at radius 3 is 2.00 bits per heavy atom. The van der Waals surface area contributed by atoms with Gasteiger partial charge in [-0.1, -0.05) is 48.5 Å². The maximum absolute atomic E-state index is 12.7. The highest BCUT2D eigenvalue weighted by molar-refractivity contribution is 5.91. The number of fused-ring (bicyclic) bond motifs is 2. The predicted octanol–water partition coefficient (Wildman–Crippen LogP) is 3.31. The molecule has 0 N–H and O–H groups in total. The highest BCUT2D eigenvalue weighted by Crippen LogP contribution is 2.39. The van der Waals surface area contributed by atoms with Gasteiger partial charge in [0.05, 0.1) is 0 Å². The van der Waals surface area contributed by atoms with Gasteiger partial charge in [-0.05, 0) is 41.5 Å². The monoisotopic (exact) mass is 248 g/mol. The Bertz CT molecular complexity index is 631. The number of rotatable bonds is 2. The number of benzene rings is 2. The topological polar surface area (TPSA) is 17.1 Å².